The van der Waals surface area contributed by atoms with Gasteiger partial charge in [0, 0.05) is 18.4 Å². The zero-order valence-corrected chi connectivity index (χ0v) is 15.4. The molecule has 26 heavy (non-hydrogen) atoms. The fourth-order valence-electron chi connectivity index (χ4n) is 4.44. The van der Waals surface area contributed by atoms with Crippen LogP contribution in [-0.4, -0.2) is 29.0 Å². The second kappa shape index (κ2) is 5.56. The van der Waals surface area contributed by atoms with Crippen LogP contribution in [0.4, 0.5) is 0 Å². The molecule has 1 saturated heterocycles. The van der Waals surface area contributed by atoms with Gasteiger partial charge in [-0.15, -0.1) is 0 Å². The smallest absolute Gasteiger partial charge is 0.322 e. The number of para-hydroxylation sites is 2. The molecular weight excluding hydrogens is 332 g/mol. The molecule has 1 aliphatic heterocycles. The fraction of sp³-hybridized carbons (Fsp3) is 0.550. The third kappa shape index (κ3) is 2.14. The van der Waals surface area contributed by atoms with Gasteiger partial charge in [-0.25, -0.2) is 4.98 Å². The van der Waals surface area contributed by atoms with Gasteiger partial charge in [-0.1, -0.05) is 26.0 Å². The lowest BCUT2D eigenvalue weighted by molar-refractivity contribution is -0.162. The van der Waals surface area contributed by atoms with Crippen molar-refractivity contribution in [3.05, 3.63) is 30.2 Å². The van der Waals surface area contributed by atoms with E-state index < -0.39 is 16.4 Å². The monoisotopic (exact) mass is 356 g/mol. The van der Waals surface area contributed by atoms with Crippen LogP contribution in [0.1, 0.15) is 45.9 Å². The van der Waals surface area contributed by atoms with Crippen molar-refractivity contribution in [3.63, 3.8) is 0 Å². The van der Waals surface area contributed by atoms with Crippen LogP contribution in [-0.2, 0) is 20.7 Å². The van der Waals surface area contributed by atoms with Crippen LogP contribution in [0.3, 0.4) is 0 Å². The van der Waals surface area contributed by atoms with Crippen LogP contribution in [0, 0.1) is 10.8 Å². The number of esters is 1. The van der Waals surface area contributed by atoms with E-state index in [0.29, 0.717) is 31.7 Å². The van der Waals surface area contributed by atoms with Crippen LogP contribution in [0.2, 0.25) is 0 Å². The van der Waals surface area contributed by atoms with Crippen molar-refractivity contribution >= 4 is 23.0 Å². The van der Waals surface area contributed by atoms with Crippen molar-refractivity contribution in [2.75, 3.05) is 6.54 Å². The number of ether oxygens (including phenoxy) is 1. The molecule has 2 aromatic rings. The number of aryl methyl sites for hydroxylation is 1. The van der Waals surface area contributed by atoms with E-state index in [9.17, 15) is 9.59 Å². The molecule has 138 valence electrons. The Morgan fingerprint density at radius 2 is 2.00 bits per heavy atom. The molecule has 2 aliphatic rings. The molecule has 2 heterocycles. The topological polar surface area (TPSA) is 81.4 Å². The van der Waals surface area contributed by atoms with Gasteiger partial charge in [0.05, 0.1) is 0 Å². The molecule has 2 bridgehead atoms. The Kier molecular flexibility index (Phi) is 3.65. The number of hydrogen-bond acceptors (Lipinski definition) is 5. The van der Waals surface area contributed by atoms with Crippen molar-refractivity contribution in [2.24, 2.45) is 10.8 Å². The molecule has 0 unspecified atom stereocenters. The van der Waals surface area contributed by atoms with Gasteiger partial charge in [0.2, 0.25) is 5.91 Å². The van der Waals surface area contributed by atoms with E-state index >= 15 is 0 Å². The predicted octanol–water partition coefficient (Wildman–Crippen LogP) is 3.00. The first-order valence-corrected chi connectivity index (χ1v) is 9.16. The molecular formula is C20H24N2O4. The predicted molar refractivity (Wildman–Crippen MR) is 95.3 cm³/mol. The van der Waals surface area contributed by atoms with E-state index in [1.165, 1.54) is 0 Å². The van der Waals surface area contributed by atoms with E-state index in [1.54, 1.807) is 0 Å². The molecule has 6 nitrogen and oxygen atoms in total. The molecule has 4 rings (SSSR count). The van der Waals surface area contributed by atoms with Gasteiger partial charge in [-0.3, -0.25) is 9.59 Å². The third-order valence-electron chi connectivity index (χ3n) is 6.61. The summed E-state index contributed by atoms with van der Waals surface area (Å²) in [7, 11) is 0. The average Bonchev–Trinajstić information content (AvgIpc) is 3.14. The summed E-state index contributed by atoms with van der Waals surface area (Å²) in [5, 5.41) is 2.94. The molecule has 1 amide bonds. The molecule has 6 heteroatoms. The number of amides is 1. The second-order valence-electron chi connectivity index (χ2n) is 8.09. The SMILES string of the molecule is CC1(C)[C@]2(C(=O)NCCCc3nc4ccccc4o3)CC[C@@]1(C)OC2=O. The van der Waals surface area contributed by atoms with E-state index in [0.717, 1.165) is 17.5 Å². The molecule has 0 spiro atoms. The van der Waals surface area contributed by atoms with Gasteiger partial charge in [-0.2, -0.15) is 0 Å². The summed E-state index contributed by atoms with van der Waals surface area (Å²) in [6.07, 6.45) is 2.60. The van der Waals surface area contributed by atoms with Crippen molar-refractivity contribution in [2.45, 2.75) is 52.1 Å². The van der Waals surface area contributed by atoms with Gasteiger partial charge in [0.15, 0.2) is 16.9 Å². The highest BCUT2D eigenvalue weighted by atomic mass is 16.6. The Bertz CT molecular complexity index is 854. The zero-order valence-electron chi connectivity index (χ0n) is 15.4. The number of rotatable bonds is 5. The normalized spacial score (nSPS) is 29.1. The summed E-state index contributed by atoms with van der Waals surface area (Å²) in [4.78, 5) is 29.8. The fourth-order valence-corrected chi connectivity index (χ4v) is 4.44. The van der Waals surface area contributed by atoms with Crippen molar-refractivity contribution < 1.29 is 18.7 Å². The molecule has 1 aromatic heterocycles. The molecule has 2 fully saturated rings. The number of carbonyl (C=O) groups is 2. The van der Waals surface area contributed by atoms with Gasteiger partial charge >= 0.3 is 5.97 Å². The summed E-state index contributed by atoms with van der Waals surface area (Å²) >= 11 is 0. The number of hydrogen-bond donors (Lipinski definition) is 1. The molecule has 1 saturated carbocycles. The maximum Gasteiger partial charge on any atom is 0.322 e. The zero-order chi connectivity index (χ0) is 18.6. The lowest BCUT2D eigenvalue weighted by atomic mass is 9.65. The van der Waals surface area contributed by atoms with Crippen LogP contribution in [0.25, 0.3) is 11.1 Å². The number of nitrogens with zero attached hydrogens (tertiary/aromatic N) is 1. The highest BCUT2D eigenvalue weighted by Gasteiger charge is 2.76. The maximum atomic E-state index is 12.9. The first-order chi connectivity index (χ1) is 12.3. The third-order valence-corrected chi connectivity index (χ3v) is 6.61. The minimum Gasteiger partial charge on any atom is -0.458 e. The minimum atomic E-state index is -1.07. The minimum absolute atomic E-state index is 0.216. The summed E-state index contributed by atoms with van der Waals surface area (Å²) in [6, 6.07) is 7.63. The highest BCUT2D eigenvalue weighted by molar-refractivity contribution is 6.06. The van der Waals surface area contributed by atoms with Gasteiger partial charge in [-0.05, 0) is 38.3 Å². The average molecular weight is 356 g/mol. The standard InChI is InChI=1S/C20H24N2O4/c1-18(2)19(3)10-11-20(18,17(24)26-19)16(23)21-12-6-9-15-22-13-7-4-5-8-14(13)25-15/h4-5,7-8H,6,9-12H2,1-3H3,(H,21,23)/t19-,20+/m1/s1. The lowest BCUT2D eigenvalue weighted by Gasteiger charge is -2.34. The maximum absolute atomic E-state index is 12.9. The Morgan fingerprint density at radius 3 is 2.65 bits per heavy atom. The number of nitrogens with one attached hydrogen (secondary N) is 1. The number of carbonyl (C=O) groups excluding carboxylic acids is 2. The van der Waals surface area contributed by atoms with Gasteiger partial charge < -0.3 is 14.5 Å². The summed E-state index contributed by atoms with van der Waals surface area (Å²) in [5.41, 5.74) is -0.530. The molecule has 1 aromatic carbocycles. The first-order valence-electron chi connectivity index (χ1n) is 9.16. The number of aromatic nitrogens is 1. The molecule has 1 N–H and O–H groups in total. The lowest BCUT2D eigenvalue weighted by Crippen LogP contribution is -2.51. The number of oxazole rings is 1. The Balaban J connectivity index is 1.38. The Morgan fingerprint density at radius 1 is 1.23 bits per heavy atom. The second-order valence-corrected chi connectivity index (χ2v) is 8.09. The van der Waals surface area contributed by atoms with E-state index in [2.05, 4.69) is 10.3 Å². The number of fused-ring (bicyclic) bond motifs is 3. The van der Waals surface area contributed by atoms with Crippen LogP contribution >= 0.6 is 0 Å². The summed E-state index contributed by atoms with van der Waals surface area (Å²) in [5.74, 6) is 0.0617. The van der Waals surface area contributed by atoms with Gasteiger partial charge in [0.1, 0.15) is 11.1 Å². The number of benzene rings is 1. The summed E-state index contributed by atoms with van der Waals surface area (Å²) in [6.45, 7) is 6.32. The Labute approximate surface area is 152 Å². The largest absolute Gasteiger partial charge is 0.458 e. The van der Waals surface area contributed by atoms with Crippen LogP contribution < -0.4 is 5.32 Å². The Hall–Kier alpha value is -2.37. The van der Waals surface area contributed by atoms with Crippen LogP contribution in [0.5, 0.6) is 0 Å². The van der Waals surface area contributed by atoms with Crippen LogP contribution in [0.15, 0.2) is 28.7 Å². The molecule has 0 radical (unpaired) electrons. The molecule has 1 aliphatic carbocycles. The quantitative estimate of drug-likeness (QED) is 0.506. The van der Waals surface area contributed by atoms with E-state index in [1.807, 2.05) is 45.0 Å². The van der Waals surface area contributed by atoms with E-state index in [-0.39, 0.29) is 11.9 Å². The van der Waals surface area contributed by atoms with E-state index in [4.69, 9.17) is 9.15 Å². The highest BCUT2D eigenvalue weighted by Crippen LogP contribution is 2.65. The van der Waals surface area contributed by atoms with Gasteiger partial charge in [0.25, 0.3) is 0 Å². The first kappa shape index (κ1) is 17.1. The van der Waals surface area contributed by atoms with Crippen molar-refractivity contribution in [1.29, 1.82) is 0 Å². The summed E-state index contributed by atoms with van der Waals surface area (Å²) < 4.78 is 11.3. The molecule has 2 atom stereocenters. The van der Waals surface area contributed by atoms with Crippen molar-refractivity contribution in [1.82, 2.24) is 10.3 Å². The van der Waals surface area contributed by atoms with Crippen molar-refractivity contribution in [3.8, 4) is 0 Å².